The molecule has 1 aliphatic rings. The Bertz CT molecular complexity index is 503. The Balaban J connectivity index is 3.13. The van der Waals surface area contributed by atoms with Gasteiger partial charge in [-0.05, 0) is 13.3 Å². The fourth-order valence-corrected chi connectivity index (χ4v) is 2.86. The van der Waals surface area contributed by atoms with Gasteiger partial charge < -0.3 is 24.1 Å². The van der Waals surface area contributed by atoms with Gasteiger partial charge in [0.15, 0.2) is 18.3 Å². The number of hydrogen-bond acceptors (Lipinski definition) is 8. The van der Waals surface area contributed by atoms with Crippen molar-refractivity contribution in [2.75, 3.05) is 0 Å². The van der Waals surface area contributed by atoms with Crippen LogP contribution in [0.25, 0.3) is 0 Å². The third-order valence-electron chi connectivity index (χ3n) is 3.72. The fraction of sp³-hybridized carbons (Fsp3) is 0.706. The first-order valence-corrected chi connectivity index (χ1v) is 8.11. The van der Waals surface area contributed by atoms with E-state index in [9.17, 15) is 19.5 Å². The maximum atomic E-state index is 11.5. The predicted molar refractivity (Wildman–Crippen MR) is 86.4 cm³/mol. The second-order valence-electron chi connectivity index (χ2n) is 6.02. The Morgan fingerprint density at radius 3 is 2.00 bits per heavy atom. The van der Waals surface area contributed by atoms with E-state index in [1.165, 1.54) is 20.8 Å². The number of hydrogen-bond donors (Lipinski definition) is 1. The molecule has 25 heavy (non-hydrogen) atoms. The first kappa shape index (κ1) is 21.1. The summed E-state index contributed by atoms with van der Waals surface area (Å²) in [5.74, 6) is -1.80. The van der Waals surface area contributed by atoms with Gasteiger partial charge in [-0.3, -0.25) is 14.4 Å². The molecule has 1 fully saturated rings. The third kappa shape index (κ3) is 6.47. The minimum atomic E-state index is -1.03. The van der Waals surface area contributed by atoms with Gasteiger partial charge in [0, 0.05) is 27.2 Å². The molecule has 1 saturated heterocycles. The van der Waals surface area contributed by atoms with Gasteiger partial charge >= 0.3 is 17.9 Å². The number of rotatable bonds is 7. The van der Waals surface area contributed by atoms with Crippen molar-refractivity contribution >= 4 is 17.9 Å². The molecule has 0 bridgehead atoms. The lowest BCUT2D eigenvalue weighted by molar-refractivity contribution is -0.247. The molecule has 1 aliphatic heterocycles. The van der Waals surface area contributed by atoms with E-state index in [4.69, 9.17) is 18.9 Å². The summed E-state index contributed by atoms with van der Waals surface area (Å²) < 4.78 is 21.6. The summed E-state index contributed by atoms with van der Waals surface area (Å²) in [5.41, 5.74) is 0. The molecule has 1 rings (SSSR count). The van der Waals surface area contributed by atoms with Crippen molar-refractivity contribution in [3.8, 4) is 0 Å². The molecule has 1 heterocycles. The minimum absolute atomic E-state index is 0.138. The van der Waals surface area contributed by atoms with Gasteiger partial charge in [0.1, 0.15) is 6.10 Å². The van der Waals surface area contributed by atoms with Gasteiger partial charge in [0.05, 0.1) is 12.2 Å². The molecule has 1 N–H and O–H groups in total. The van der Waals surface area contributed by atoms with E-state index in [0.29, 0.717) is 6.42 Å². The van der Waals surface area contributed by atoms with Gasteiger partial charge in [-0.15, -0.1) is 6.58 Å². The largest absolute Gasteiger partial charge is 0.456 e. The second-order valence-corrected chi connectivity index (χ2v) is 6.02. The van der Waals surface area contributed by atoms with Crippen molar-refractivity contribution in [3.63, 3.8) is 0 Å². The zero-order valence-electron chi connectivity index (χ0n) is 15.0. The summed E-state index contributed by atoms with van der Waals surface area (Å²) in [7, 11) is 0. The average molecular weight is 358 g/mol. The molecular formula is C17H26O8. The van der Waals surface area contributed by atoms with E-state index in [2.05, 4.69) is 6.58 Å². The van der Waals surface area contributed by atoms with Crippen LogP contribution in [0.1, 0.15) is 40.5 Å². The number of carbonyl (C=O) groups is 3. The van der Waals surface area contributed by atoms with Crippen LogP contribution in [-0.4, -0.2) is 59.6 Å². The molecule has 0 spiro atoms. The van der Waals surface area contributed by atoms with E-state index < -0.39 is 54.5 Å². The Morgan fingerprint density at radius 1 is 1.04 bits per heavy atom. The SMILES string of the molecule is C=CCC(O)C[C@@H]1O[C@@H](C)[C@H](OC(C)=O)[C@@H](OC(C)=O)[C@H]1OC(C)=O. The van der Waals surface area contributed by atoms with Crippen LogP contribution in [0, 0.1) is 0 Å². The zero-order valence-corrected chi connectivity index (χ0v) is 15.0. The number of esters is 3. The molecule has 0 aromatic carbocycles. The molecule has 0 aliphatic carbocycles. The minimum Gasteiger partial charge on any atom is -0.456 e. The molecule has 142 valence electrons. The molecule has 8 nitrogen and oxygen atoms in total. The van der Waals surface area contributed by atoms with Crippen molar-refractivity contribution in [1.82, 2.24) is 0 Å². The van der Waals surface area contributed by atoms with Crippen molar-refractivity contribution in [3.05, 3.63) is 12.7 Å². The molecular weight excluding hydrogens is 332 g/mol. The van der Waals surface area contributed by atoms with Crippen molar-refractivity contribution in [1.29, 1.82) is 0 Å². The maximum Gasteiger partial charge on any atom is 0.303 e. The van der Waals surface area contributed by atoms with E-state index in [-0.39, 0.29) is 6.42 Å². The smallest absolute Gasteiger partial charge is 0.303 e. The van der Waals surface area contributed by atoms with Crippen LogP contribution >= 0.6 is 0 Å². The summed E-state index contributed by atoms with van der Waals surface area (Å²) in [6.45, 7) is 8.85. The summed E-state index contributed by atoms with van der Waals surface area (Å²) in [4.78, 5) is 34.4. The van der Waals surface area contributed by atoms with Gasteiger partial charge in [-0.1, -0.05) is 6.08 Å². The van der Waals surface area contributed by atoms with Crippen LogP contribution in [-0.2, 0) is 33.3 Å². The maximum absolute atomic E-state index is 11.5. The quantitative estimate of drug-likeness (QED) is 0.406. The van der Waals surface area contributed by atoms with Crippen LogP contribution in [0.2, 0.25) is 0 Å². The number of aliphatic hydroxyl groups excluding tert-OH is 1. The van der Waals surface area contributed by atoms with Crippen LogP contribution in [0.15, 0.2) is 12.7 Å². The van der Waals surface area contributed by atoms with Crippen LogP contribution in [0.5, 0.6) is 0 Å². The van der Waals surface area contributed by atoms with E-state index in [1.807, 2.05) is 0 Å². The highest BCUT2D eigenvalue weighted by atomic mass is 16.6. The summed E-state index contributed by atoms with van der Waals surface area (Å²) in [6, 6.07) is 0. The number of aliphatic hydroxyl groups is 1. The van der Waals surface area contributed by atoms with E-state index in [0.717, 1.165) is 0 Å². The van der Waals surface area contributed by atoms with Gasteiger partial charge in [0.2, 0.25) is 0 Å². The summed E-state index contributed by atoms with van der Waals surface area (Å²) in [6.07, 6.45) is -3.08. The lowest BCUT2D eigenvalue weighted by Crippen LogP contribution is -2.61. The standard InChI is InChI=1S/C17H26O8/c1-6-7-13(21)8-14-16(24-11(4)19)17(25-12(5)20)15(9(2)22-14)23-10(3)18/h6,9,13-17,21H,1,7-8H2,2-5H3/t9-,13?,14-,15-,16-,17+/m0/s1. The van der Waals surface area contributed by atoms with Crippen molar-refractivity contribution in [2.24, 2.45) is 0 Å². The molecule has 0 aromatic heterocycles. The number of ether oxygens (including phenoxy) is 4. The highest BCUT2D eigenvalue weighted by molar-refractivity contribution is 5.68. The molecule has 6 atom stereocenters. The Morgan fingerprint density at radius 2 is 1.52 bits per heavy atom. The molecule has 0 amide bonds. The molecule has 0 saturated carbocycles. The Labute approximate surface area is 147 Å². The molecule has 8 heteroatoms. The lowest BCUT2D eigenvalue weighted by Gasteiger charge is -2.44. The summed E-state index contributed by atoms with van der Waals surface area (Å²) >= 11 is 0. The highest BCUT2D eigenvalue weighted by Crippen LogP contribution is 2.31. The Kier molecular flexibility index (Phi) is 8.05. The van der Waals surface area contributed by atoms with Gasteiger partial charge in [-0.2, -0.15) is 0 Å². The Hall–Kier alpha value is -1.93. The van der Waals surface area contributed by atoms with Gasteiger partial charge in [-0.25, -0.2) is 0 Å². The first-order valence-electron chi connectivity index (χ1n) is 8.11. The highest BCUT2D eigenvalue weighted by Gasteiger charge is 2.50. The van der Waals surface area contributed by atoms with Crippen molar-refractivity contribution < 1.29 is 38.4 Å². The molecule has 1 unspecified atom stereocenters. The number of carbonyl (C=O) groups excluding carboxylic acids is 3. The van der Waals surface area contributed by atoms with Crippen molar-refractivity contribution in [2.45, 2.75) is 77.2 Å². The topological polar surface area (TPSA) is 108 Å². The van der Waals surface area contributed by atoms with Crippen LogP contribution in [0.3, 0.4) is 0 Å². The van der Waals surface area contributed by atoms with Gasteiger partial charge in [0.25, 0.3) is 0 Å². The zero-order chi connectivity index (χ0) is 19.1. The fourth-order valence-electron chi connectivity index (χ4n) is 2.86. The van der Waals surface area contributed by atoms with E-state index >= 15 is 0 Å². The third-order valence-corrected chi connectivity index (χ3v) is 3.72. The first-order chi connectivity index (χ1) is 11.6. The normalized spacial score (nSPS) is 30.0. The average Bonchev–Trinajstić information content (AvgIpc) is 2.46. The van der Waals surface area contributed by atoms with Crippen LogP contribution < -0.4 is 0 Å². The molecule has 0 radical (unpaired) electrons. The van der Waals surface area contributed by atoms with Crippen LogP contribution in [0.4, 0.5) is 0 Å². The predicted octanol–water partition coefficient (Wildman–Crippen LogP) is 0.896. The van der Waals surface area contributed by atoms with E-state index in [1.54, 1.807) is 13.0 Å². The molecule has 0 aromatic rings. The summed E-state index contributed by atoms with van der Waals surface area (Å²) in [5, 5.41) is 10.0. The lowest BCUT2D eigenvalue weighted by atomic mass is 9.91. The monoisotopic (exact) mass is 358 g/mol. The second kappa shape index (κ2) is 9.53.